The van der Waals surface area contributed by atoms with Gasteiger partial charge in [-0.1, -0.05) is 17.7 Å². The lowest BCUT2D eigenvalue weighted by Gasteiger charge is -2.22. The van der Waals surface area contributed by atoms with Gasteiger partial charge >= 0.3 is 0 Å². The van der Waals surface area contributed by atoms with Gasteiger partial charge in [-0.2, -0.15) is 0 Å². The van der Waals surface area contributed by atoms with Crippen LogP contribution in [0.25, 0.3) is 22.4 Å². The smallest absolute Gasteiger partial charge is 0.271 e. The summed E-state index contributed by atoms with van der Waals surface area (Å²) >= 11 is 6.65. The number of nitrogens with one attached hydrogen (secondary N) is 2. The summed E-state index contributed by atoms with van der Waals surface area (Å²) in [5.74, 6) is 1.05. The molecule has 0 fully saturated rings. The van der Waals surface area contributed by atoms with E-state index in [-0.39, 0.29) is 11.9 Å². The van der Waals surface area contributed by atoms with Gasteiger partial charge in [-0.05, 0) is 37.6 Å². The number of carbonyl (C=O) groups is 1. The van der Waals surface area contributed by atoms with Crippen molar-refractivity contribution in [3.8, 4) is 17.0 Å². The SMILES string of the molecule is COc1c(C(C)Nc2ncnc3nc[nH]c23)cc(Cl)c(C)c1-c1cccc(C(=O)N(C)C)n1. The highest BCUT2D eigenvalue weighted by molar-refractivity contribution is 6.32. The number of aromatic amines is 1. The Hall–Kier alpha value is -3.72. The van der Waals surface area contributed by atoms with Crippen LogP contribution in [0.4, 0.5) is 5.82 Å². The van der Waals surface area contributed by atoms with Crippen LogP contribution in [-0.4, -0.2) is 56.9 Å². The molecule has 33 heavy (non-hydrogen) atoms. The average Bonchev–Trinajstić information content (AvgIpc) is 3.29. The first-order valence-electron chi connectivity index (χ1n) is 10.3. The Balaban J connectivity index is 1.81. The molecule has 170 valence electrons. The maximum Gasteiger partial charge on any atom is 0.271 e. The minimum Gasteiger partial charge on any atom is -0.496 e. The molecule has 10 heteroatoms. The maximum atomic E-state index is 12.5. The molecular formula is C23H24ClN7O2. The predicted octanol–water partition coefficient (Wildman–Crippen LogP) is 4.26. The number of carbonyl (C=O) groups excluding carboxylic acids is 1. The van der Waals surface area contributed by atoms with E-state index in [0.717, 1.165) is 16.7 Å². The lowest BCUT2D eigenvalue weighted by molar-refractivity contribution is 0.0822. The largest absolute Gasteiger partial charge is 0.496 e. The fourth-order valence-corrected chi connectivity index (χ4v) is 3.89. The number of benzene rings is 1. The number of H-pyrrole nitrogens is 1. The highest BCUT2D eigenvalue weighted by Gasteiger charge is 2.23. The van der Waals surface area contributed by atoms with E-state index in [1.165, 1.54) is 11.2 Å². The molecule has 4 aromatic rings. The van der Waals surface area contributed by atoms with Crippen molar-refractivity contribution in [2.75, 3.05) is 26.5 Å². The number of aromatic nitrogens is 5. The summed E-state index contributed by atoms with van der Waals surface area (Å²) in [5.41, 5.74) is 4.58. The molecule has 1 aromatic carbocycles. The van der Waals surface area contributed by atoms with E-state index >= 15 is 0 Å². The van der Waals surface area contributed by atoms with Gasteiger partial charge in [0.2, 0.25) is 0 Å². The summed E-state index contributed by atoms with van der Waals surface area (Å²) in [6, 6.07) is 6.97. The zero-order valence-electron chi connectivity index (χ0n) is 19.0. The van der Waals surface area contributed by atoms with Gasteiger partial charge in [-0.15, -0.1) is 0 Å². The van der Waals surface area contributed by atoms with Crippen LogP contribution in [-0.2, 0) is 0 Å². The van der Waals surface area contributed by atoms with E-state index < -0.39 is 0 Å². The topological polar surface area (TPSA) is 109 Å². The summed E-state index contributed by atoms with van der Waals surface area (Å²) in [5, 5.41) is 3.95. The highest BCUT2D eigenvalue weighted by atomic mass is 35.5. The fourth-order valence-electron chi connectivity index (χ4n) is 3.67. The van der Waals surface area contributed by atoms with Crippen LogP contribution in [0.3, 0.4) is 0 Å². The number of pyridine rings is 1. The van der Waals surface area contributed by atoms with Crippen LogP contribution in [0, 0.1) is 6.92 Å². The summed E-state index contributed by atoms with van der Waals surface area (Å²) in [6.45, 7) is 3.89. The summed E-state index contributed by atoms with van der Waals surface area (Å²) in [6.07, 6.45) is 3.03. The molecule has 9 nitrogen and oxygen atoms in total. The molecule has 0 aliphatic heterocycles. The molecule has 2 N–H and O–H groups in total. The van der Waals surface area contributed by atoms with Gasteiger partial charge in [0.1, 0.15) is 23.3 Å². The molecule has 4 rings (SSSR count). The van der Waals surface area contributed by atoms with E-state index in [9.17, 15) is 4.79 Å². The van der Waals surface area contributed by atoms with Crippen molar-refractivity contribution in [1.29, 1.82) is 0 Å². The summed E-state index contributed by atoms with van der Waals surface area (Å²) in [7, 11) is 4.99. The number of hydrogen-bond donors (Lipinski definition) is 2. The molecule has 3 aromatic heterocycles. The molecule has 0 aliphatic rings. The van der Waals surface area contributed by atoms with Crippen molar-refractivity contribution < 1.29 is 9.53 Å². The Morgan fingerprint density at radius 3 is 2.76 bits per heavy atom. The Labute approximate surface area is 196 Å². The predicted molar refractivity (Wildman–Crippen MR) is 128 cm³/mol. The van der Waals surface area contributed by atoms with E-state index in [1.807, 2.05) is 26.0 Å². The zero-order valence-corrected chi connectivity index (χ0v) is 19.7. The molecular weight excluding hydrogens is 442 g/mol. The lowest BCUT2D eigenvalue weighted by atomic mass is 9.96. The van der Waals surface area contributed by atoms with Crippen LogP contribution in [0.5, 0.6) is 5.75 Å². The van der Waals surface area contributed by atoms with Gasteiger partial charge in [-0.3, -0.25) is 4.79 Å². The van der Waals surface area contributed by atoms with Gasteiger partial charge in [0.15, 0.2) is 11.5 Å². The molecule has 0 radical (unpaired) electrons. The second-order valence-electron chi connectivity index (χ2n) is 7.78. The van der Waals surface area contributed by atoms with Gasteiger partial charge in [0.05, 0.1) is 25.2 Å². The van der Waals surface area contributed by atoms with E-state index in [2.05, 4.69) is 30.2 Å². The molecule has 1 atom stereocenters. The van der Waals surface area contributed by atoms with Crippen LogP contribution < -0.4 is 10.1 Å². The number of hydrogen-bond acceptors (Lipinski definition) is 7. The summed E-state index contributed by atoms with van der Waals surface area (Å²) < 4.78 is 5.86. The van der Waals surface area contributed by atoms with E-state index in [1.54, 1.807) is 39.7 Å². The fraction of sp³-hybridized carbons (Fsp3) is 0.261. The molecule has 1 amide bonds. The number of nitrogens with zero attached hydrogens (tertiary/aromatic N) is 5. The van der Waals surface area contributed by atoms with Gasteiger partial charge in [-0.25, -0.2) is 19.9 Å². The molecule has 0 aliphatic carbocycles. The Kier molecular flexibility index (Phi) is 6.15. The number of halogens is 1. The van der Waals surface area contributed by atoms with Gasteiger partial charge < -0.3 is 19.9 Å². The Morgan fingerprint density at radius 2 is 2.03 bits per heavy atom. The monoisotopic (exact) mass is 465 g/mol. The Bertz CT molecular complexity index is 1340. The van der Waals surface area contributed by atoms with Crippen LogP contribution in [0.2, 0.25) is 5.02 Å². The molecule has 0 saturated carbocycles. The van der Waals surface area contributed by atoms with Crippen LogP contribution in [0.15, 0.2) is 36.9 Å². The average molecular weight is 466 g/mol. The number of ether oxygens (including phenoxy) is 1. The minimum atomic E-state index is -0.232. The van der Waals surface area contributed by atoms with Crippen molar-refractivity contribution in [1.82, 2.24) is 29.8 Å². The first-order chi connectivity index (χ1) is 15.8. The second-order valence-corrected chi connectivity index (χ2v) is 8.19. The lowest BCUT2D eigenvalue weighted by Crippen LogP contribution is -2.22. The zero-order chi connectivity index (χ0) is 23.7. The maximum absolute atomic E-state index is 12.5. The number of rotatable bonds is 6. The Morgan fingerprint density at radius 1 is 1.24 bits per heavy atom. The van der Waals surface area contributed by atoms with Crippen LogP contribution in [0.1, 0.15) is 34.6 Å². The number of anilines is 1. The van der Waals surface area contributed by atoms with Crippen molar-refractivity contribution in [2.24, 2.45) is 0 Å². The molecule has 3 heterocycles. The quantitative estimate of drug-likeness (QED) is 0.437. The normalized spacial score (nSPS) is 11.9. The molecule has 0 spiro atoms. The second kappa shape index (κ2) is 9.03. The van der Waals surface area contributed by atoms with Gasteiger partial charge in [0.25, 0.3) is 5.91 Å². The molecule has 0 bridgehead atoms. The summed E-state index contributed by atoms with van der Waals surface area (Å²) in [4.78, 5) is 34.3. The first-order valence-corrected chi connectivity index (χ1v) is 10.7. The van der Waals surface area contributed by atoms with E-state index in [0.29, 0.717) is 39.1 Å². The third-order valence-electron chi connectivity index (χ3n) is 5.38. The van der Waals surface area contributed by atoms with E-state index in [4.69, 9.17) is 16.3 Å². The number of methoxy groups -OCH3 is 1. The minimum absolute atomic E-state index is 0.182. The van der Waals surface area contributed by atoms with Crippen molar-refractivity contribution >= 4 is 34.5 Å². The molecule has 0 saturated heterocycles. The third kappa shape index (κ3) is 4.19. The third-order valence-corrected chi connectivity index (χ3v) is 5.77. The number of imidazole rings is 1. The first kappa shape index (κ1) is 22.5. The van der Waals surface area contributed by atoms with Crippen molar-refractivity contribution in [2.45, 2.75) is 19.9 Å². The van der Waals surface area contributed by atoms with Crippen molar-refractivity contribution in [3.05, 3.63) is 58.8 Å². The van der Waals surface area contributed by atoms with Crippen molar-refractivity contribution in [3.63, 3.8) is 0 Å². The molecule has 1 unspecified atom stereocenters. The van der Waals surface area contributed by atoms with Crippen LogP contribution >= 0.6 is 11.6 Å². The highest BCUT2D eigenvalue weighted by Crippen LogP contribution is 2.42. The number of fused-ring (bicyclic) bond motifs is 1. The standard InChI is InChI=1S/C23H24ClN7O2/c1-12-15(24)9-14(13(2)29-22-19-21(26-10-25-19)27-11-28-22)20(33-5)18(12)16-7-6-8-17(30-16)23(32)31(3)4/h6-11,13H,1-5H3,(H2,25,26,27,28,29). The number of amides is 1. The van der Waals surface area contributed by atoms with Gasteiger partial charge in [0, 0.05) is 30.2 Å².